The van der Waals surface area contributed by atoms with E-state index in [2.05, 4.69) is 14.9 Å². The number of carbonyl (C=O) groups is 1. The maximum atomic E-state index is 11.9. The molecule has 3 unspecified atom stereocenters. The minimum atomic E-state index is -1.38. The SMILES string of the molecule is [N-]=[N+]=NCCOCCOCCOC1CN(CCCC(N)(CCCCB(O)O)C(=O)O)CCC1c1ccc(Cl)cc1. The highest BCUT2D eigenvalue weighted by atomic mass is 35.5. The van der Waals surface area contributed by atoms with Gasteiger partial charge in [-0.05, 0) is 68.3 Å². The van der Waals surface area contributed by atoms with Gasteiger partial charge < -0.3 is 40.0 Å². The Kier molecular flexibility index (Phi) is 16.5. The van der Waals surface area contributed by atoms with Crippen molar-refractivity contribution in [2.75, 3.05) is 59.2 Å². The van der Waals surface area contributed by atoms with E-state index in [-0.39, 0.29) is 24.8 Å². The Labute approximate surface area is 241 Å². The van der Waals surface area contributed by atoms with Gasteiger partial charge in [-0.15, -0.1) is 0 Å². The summed E-state index contributed by atoms with van der Waals surface area (Å²) >= 11 is 6.10. The van der Waals surface area contributed by atoms with Crippen molar-refractivity contribution in [3.63, 3.8) is 0 Å². The molecule has 14 heteroatoms. The van der Waals surface area contributed by atoms with E-state index in [1.165, 1.54) is 5.56 Å². The Hall–Kier alpha value is -1.93. The van der Waals surface area contributed by atoms with Gasteiger partial charge >= 0.3 is 13.1 Å². The summed E-state index contributed by atoms with van der Waals surface area (Å²) in [7, 11) is -1.38. The number of ether oxygens (including phenoxy) is 3. The summed E-state index contributed by atoms with van der Waals surface area (Å²) < 4.78 is 17.2. The van der Waals surface area contributed by atoms with E-state index in [4.69, 9.17) is 47.1 Å². The molecule has 40 heavy (non-hydrogen) atoms. The van der Waals surface area contributed by atoms with Crippen LogP contribution in [0.15, 0.2) is 29.4 Å². The zero-order valence-corrected chi connectivity index (χ0v) is 23.8. The van der Waals surface area contributed by atoms with E-state index in [1.807, 2.05) is 24.3 Å². The van der Waals surface area contributed by atoms with Crippen LogP contribution in [-0.2, 0) is 19.0 Å². The zero-order chi connectivity index (χ0) is 29.2. The van der Waals surface area contributed by atoms with Gasteiger partial charge in [0.1, 0.15) is 5.54 Å². The highest BCUT2D eigenvalue weighted by Crippen LogP contribution is 2.31. The van der Waals surface area contributed by atoms with Crippen LogP contribution in [0, 0.1) is 0 Å². The summed E-state index contributed by atoms with van der Waals surface area (Å²) in [6.45, 7) is 4.59. The monoisotopic (exact) mass is 583 g/mol. The zero-order valence-electron chi connectivity index (χ0n) is 23.1. The number of hydrogen-bond acceptors (Lipinski definition) is 9. The van der Waals surface area contributed by atoms with Gasteiger partial charge in [-0.25, -0.2) is 0 Å². The third-order valence-corrected chi connectivity index (χ3v) is 7.38. The number of carboxylic acids is 1. The molecule has 1 aromatic rings. The number of unbranched alkanes of at least 4 members (excludes halogenated alkanes) is 1. The summed E-state index contributed by atoms with van der Waals surface area (Å²) in [6.07, 6.45) is 3.32. The number of hydrogen-bond donors (Lipinski definition) is 4. The molecular weight excluding hydrogens is 541 g/mol. The molecule has 1 aromatic carbocycles. The van der Waals surface area contributed by atoms with Crippen LogP contribution >= 0.6 is 11.6 Å². The molecule has 0 spiro atoms. The van der Waals surface area contributed by atoms with E-state index in [9.17, 15) is 9.90 Å². The van der Waals surface area contributed by atoms with Crippen LogP contribution in [0.2, 0.25) is 11.3 Å². The fourth-order valence-corrected chi connectivity index (χ4v) is 5.02. The van der Waals surface area contributed by atoms with Crippen molar-refractivity contribution in [1.29, 1.82) is 0 Å². The lowest BCUT2D eigenvalue weighted by Crippen LogP contribution is -2.49. The number of rotatable bonds is 21. The van der Waals surface area contributed by atoms with Crippen LogP contribution in [0.4, 0.5) is 0 Å². The molecule has 224 valence electrons. The summed E-state index contributed by atoms with van der Waals surface area (Å²) in [5.74, 6) is -0.826. The molecule has 2 rings (SSSR count). The van der Waals surface area contributed by atoms with Gasteiger partial charge in [0.2, 0.25) is 0 Å². The Morgan fingerprint density at radius 3 is 2.48 bits per heavy atom. The molecule has 1 aliphatic heterocycles. The number of azide groups is 1. The van der Waals surface area contributed by atoms with E-state index < -0.39 is 18.6 Å². The van der Waals surface area contributed by atoms with Crippen LogP contribution < -0.4 is 5.73 Å². The van der Waals surface area contributed by atoms with Crippen molar-refractivity contribution < 1.29 is 34.2 Å². The number of halogens is 1. The first kappa shape index (κ1) is 34.3. The topological polar surface area (TPSA) is 183 Å². The van der Waals surface area contributed by atoms with Crippen LogP contribution in [0.25, 0.3) is 10.4 Å². The first-order valence-corrected chi connectivity index (χ1v) is 14.3. The van der Waals surface area contributed by atoms with Crippen molar-refractivity contribution in [2.45, 2.75) is 62.4 Å². The van der Waals surface area contributed by atoms with Crippen LogP contribution in [0.5, 0.6) is 0 Å². The first-order chi connectivity index (χ1) is 19.2. The largest absolute Gasteiger partial charge is 0.480 e. The molecule has 0 radical (unpaired) electrons. The van der Waals surface area contributed by atoms with Gasteiger partial charge in [-0.2, -0.15) is 0 Å². The second-order valence-corrected chi connectivity index (χ2v) is 10.6. The molecule has 0 saturated carbocycles. The van der Waals surface area contributed by atoms with Gasteiger partial charge in [-0.3, -0.25) is 4.79 Å². The molecule has 12 nitrogen and oxygen atoms in total. The van der Waals surface area contributed by atoms with E-state index in [0.717, 1.165) is 13.0 Å². The molecule has 1 heterocycles. The minimum Gasteiger partial charge on any atom is -0.480 e. The minimum absolute atomic E-state index is 0.0642. The van der Waals surface area contributed by atoms with Gasteiger partial charge in [0, 0.05) is 28.9 Å². The van der Waals surface area contributed by atoms with Gasteiger partial charge in [-0.1, -0.05) is 41.7 Å². The number of piperidine rings is 1. The molecule has 0 bridgehead atoms. The molecule has 5 N–H and O–H groups in total. The third-order valence-electron chi connectivity index (χ3n) is 7.13. The summed E-state index contributed by atoms with van der Waals surface area (Å²) in [4.78, 5) is 16.8. The average Bonchev–Trinajstić information content (AvgIpc) is 2.93. The number of benzene rings is 1. The molecule has 0 amide bonds. The quantitative estimate of drug-likeness (QED) is 0.0555. The Balaban J connectivity index is 1.83. The highest BCUT2D eigenvalue weighted by molar-refractivity contribution is 6.40. The maximum Gasteiger partial charge on any atom is 0.451 e. The first-order valence-electron chi connectivity index (χ1n) is 13.9. The standard InChI is InChI=1S/C26H43BClN5O7/c28-22-6-4-21(5-7-22)23-8-14-33(13-3-10-26(29,25(34)35)9-1-2-11-27(36)37)20-24(23)40-19-18-39-17-16-38-15-12-31-32-30/h4-7,23-24,36-37H,1-3,8-20,29H2,(H,34,35). The predicted octanol–water partition coefficient (Wildman–Crippen LogP) is 3.06. The van der Waals surface area contributed by atoms with Crippen molar-refractivity contribution in [2.24, 2.45) is 10.8 Å². The Morgan fingerprint density at radius 1 is 1.12 bits per heavy atom. The van der Waals surface area contributed by atoms with Gasteiger partial charge in [0.25, 0.3) is 0 Å². The normalized spacial score (nSPS) is 19.1. The third kappa shape index (κ3) is 13.2. The molecular formula is C26H43BClN5O7. The summed E-state index contributed by atoms with van der Waals surface area (Å²) in [5, 5.41) is 31.8. The molecule has 1 aliphatic rings. The van der Waals surface area contributed by atoms with Crippen molar-refractivity contribution >= 4 is 24.7 Å². The number of nitrogens with two attached hydrogens (primary N) is 1. The molecule has 1 fully saturated rings. The fourth-order valence-electron chi connectivity index (χ4n) is 4.90. The van der Waals surface area contributed by atoms with Crippen molar-refractivity contribution in [1.82, 2.24) is 4.90 Å². The van der Waals surface area contributed by atoms with Crippen molar-refractivity contribution in [3.05, 3.63) is 45.3 Å². The summed E-state index contributed by atoms with van der Waals surface area (Å²) in [5.41, 5.74) is 14.3. The molecule has 0 aliphatic carbocycles. The van der Waals surface area contributed by atoms with Crippen LogP contribution in [0.3, 0.4) is 0 Å². The van der Waals surface area contributed by atoms with E-state index >= 15 is 0 Å². The fraction of sp³-hybridized carbons (Fsp3) is 0.731. The lowest BCUT2D eigenvalue weighted by molar-refractivity contribution is -0.144. The number of likely N-dealkylation sites (tertiary alicyclic amines) is 1. The lowest BCUT2D eigenvalue weighted by Gasteiger charge is -2.39. The average molecular weight is 584 g/mol. The maximum absolute atomic E-state index is 11.9. The van der Waals surface area contributed by atoms with Crippen LogP contribution in [0.1, 0.15) is 50.0 Å². The molecule has 0 aromatic heterocycles. The molecule has 1 saturated heterocycles. The van der Waals surface area contributed by atoms with Gasteiger partial charge in [0.15, 0.2) is 0 Å². The smallest absolute Gasteiger partial charge is 0.451 e. The van der Waals surface area contributed by atoms with Gasteiger partial charge in [0.05, 0.1) is 39.1 Å². The highest BCUT2D eigenvalue weighted by Gasteiger charge is 2.34. The van der Waals surface area contributed by atoms with E-state index in [0.29, 0.717) is 83.4 Å². The molecule has 3 atom stereocenters. The number of carboxylic acid groups (broad SMARTS) is 1. The predicted molar refractivity (Wildman–Crippen MR) is 153 cm³/mol. The second-order valence-electron chi connectivity index (χ2n) is 10.1. The van der Waals surface area contributed by atoms with Crippen molar-refractivity contribution in [3.8, 4) is 0 Å². The Bertz CT molecular complexity index is 910. The number of nitrogens with zero attached hydrogens (tertiary/aromatic N) is 4. The number of aliphatic carboxylic acids is 1. The van der Waals surface area contributed by atoms with E-state index in [1.54, 1.807) is 0 Å². The summed E-state index contributed by atoms with van der Waals surface area (Å²) in [6, 6.07) is 7.85. The Morgan fingerprint density at radius 2 is 1.80 bits per heavy atom. The second kappa shape index (κ2) is 19.2. The van der Waals surface area contributed by atoms with Crippen LogP contribution in [-0.4, -0.2) is 104 Å². The lowest BCUT2D eigenvalue weighted by atomic mass is 9.81.